The van der Waals surface area contributed by atoms with Gasteiger partial charge in [-0.15, -0.1) is 0 Å². The quantitative estimate of drug-likeness (QED) is 0.239. The van der Waals surface area contributed by atoms with Crippen LogP contribution in [0.4, 0.5) is 0 Å². The van der Waals surface area contributed by atoms with Crippen LogP contribution in [0.3, 0.4) is 0 Å². The molecule has 16 heavy (non-hydrogen) atoms. The van der Waals surface area contributed by atoms with E-state index in [0.29, 0.717) is 0 Å². The summed E-state index contributed by atoms with van der Waals surface area (Å²) in [5, 5.41) is 1.11. The van der Waals surface area contributed by atoms with Crippen molar-refractivity contribution in [2.45, 2.75) is 78.1 Å². The number of hydrogen-bond donors (Lipinski definition) is 0. The van der Waals surface area contributed by atoms with Crippen molar-refractivity contribution in [2.75, 3.05) is 5.33 Å². The molecule has 0 heterocycles. The molecular formula is C15H29Br. The molecule has 0 aliphatic rings. The first-order chi connectivity index (χ1) is 7.85. The van der Waals surface area contributed by atoms with Crippen molar-refractivity contribution < 1.29 is 0 Å². The molecule has 0 atom stereocenters. The molecule has 0 aliphatic carbocycles. The highest BCUT2D eigenvalue weighted by Gasteiger charge is 1.97. The lowest BCUT2D eigenvalue weighted by Crippen LogP contribution is -1.87. The Bertz CT molecular complexity index is 161. The highest BCUT2D eigenvalue weighted by molar-refractivity contribution is 9.09. The molecule has 0 unspecified atom stereocenters. The third kappa shape index (κ3) is 10.7. The SMILES string of the molecule is CCCCCCC/C(=C/CCBr)CCCC. The number of alkyl halides is 1. The summed E-state index contributed by atoms with van der Waals surface area (Å²) in [6, 6.07) is 0. The number of allylic oxidation sites excluding steroid dienone is 2. The molecule has 0 aliphatic heterocycles. The second-order valence-corrected chi connectivity index (χ2v) is 5.40. The van der Waals surface area contributed by atoms with Gasteiger partial charge in [-0.05, 0) is 32.1 Å². The monoisotopic (exact) mass is 288 g/mol. The van der Waals surface area contributed by atoms with E-state index in [9.17, 15) is 0 Å². The maximum Gasteiger partial charge on any atom is 0.00660 e. The van der Waals surface area contributed by atoms with Crippen LogP contribution < -0.4 is 0 Å². The van der Waals surface area contributed by atoms with Crippen LogP contribution in [0, 0.1) is 0 Å². The van der Waals surface area contributed by atoms with E-state index in [4.69, 9.17) is 0 Å². The van der Waals surface area contributed by atoms with Crippen molar-refractivity contribution in [1.29, 1.82) is 0 Å². The first-order valence-electron chi connectivity index (χ1n) is 7.09. The lowest BCUT2D eigenvalue weighted by Gasteiger charge is -2.07. The molecule has 0 N–H and O–H groups in total. The molecule has 0 aromatic heterocycles. The van der Waals surface area contributed by atoms with E-state index in [1.165, 1.54) is 64.2 Å². The molecule has 0 amide bonds. The minimum atomic E-state index is 1.11. The second-order valence-electron chi connectivity index (χ2n) is 4.61. The molecule has 0 spiro atoms. The first-order valence-corrected chi connectivity index (χ1v) is 8.21. The smallest absolute Gasteiger partial charge is 0.00660 e. The highest BCUT2D eigenvalue weighted by Crippen LogP contribution is 2.17. The zero-order chi connectivity index (χ0) is 12.1. The molecule has 0 saturated heterocycles. The van der Waals surface area contributed by atoms with Crippen LogP contribution in [0.5, 0.6) is 0 Å². The van der Waals surface area contributed by atoms with Gasteiger partial charge in [-0.1, -0.05) is 73.5 Å². The van der Waals surface area contributed by atoms with Crippen molar-refractivity contribution in [3.63, 3.8) is 0 Å². The summed E-state index contributed by atoms with van der Waals surface area (Å²) in [6.45, 7) is 4.56. The molecule has 1 heteroatoms. The van der Waals surface area contributed by atoms with Crippen molar-refractivity contribution >= 4 is 15.9 Å². The predicted octanol–water partition coefficient (Wildman–Crippen LogP) is 6.25. The molecule has 0 rings (SSSR count). The molecule has 0 nitrogen and oxygen atoms in total. The van der Waals surface area contributed by atoms with Gasteiger partial charge in [0.25, 0.3) is 0 Å². The molecule has 96 valence electrons. The Morgan fingerprint density at radius 2 is 1.50 bits per heavy atom. The van der Waals surface area contributed by atoms with Crippen LogP contribution in [0.15, 0.2) is 11.6 Å². The van der Waals surface area contributed by atoms with E-state index in [2.05, 4.69) is 35.9 Å². The third-order valence-corrected chi connectivity index (χ3v) is 3.45. The second kappa shape index (κ2) is 13.3. The number of halogens is 1. The summed E-state index contributed by atoms with van der Waals surface area (Å²) in [5.41, 5.74) is 1.71. The topological polar surface area (TPSA) is 0 Å². The standard InChI is InChI=1S/C15H29Br/c1-3-5-7-8-9-12-15(11-6-4-2)13-10-14-16/h13H,3-12,14H2,1-2H3/b15-13+. The molecule has 0 saturated carbocycles. The van der Waals surface area contributed by atoms with Crippen molar-refractivity contribution in [3.05, 3.63) is 11.6 Å². The molecule has 0 bridgehead atoms. The number of hydrogen-bond acceptors (Lipinski definition) is 0. The van der Waals surface area contributed by atoms with Crippen molar-refractivity contribution in [3.8, 4) is 0 Å². The highest BCUT2D eigenvalue weighted by atomic mass is 79.9. The number of rotatable bonds is 11. The lowest BCUT2D eigenvalue weighted by atomic mass is 10.0. The Kier molecular flexibility index (Phi) is 13.5. The average Bonchev–Trinajstić information content (AvgIpc) is 2.31. The van der Waals surface area contributed by atoms with Crippen LogP contribution in [-0.2, 0) is 0 Å². The van der Waals surface area contributed by atoms with Gasteiger partial charge in [0, 0.05) is 5.33 Å². The Balaban J connectivity index is 3.65. The van der Waals surface area contributed by atoms with Crippen LogP contribution in [-0.4, -0.2) is 5.33 Å². The Hall–Kier alpha value is 0.220. The van der Waals surface area contributed by atoms with Crippen LogP contribution in [0.25, 0.3) is 0 Å². The molecular weight excluding hydrogens is 260 g/mol. The maximum atomic E-state index is 3.50. The van der Waals surface area contributed by atoms with E-state index in [1.807, 2.05) is 0 Å². The number of unbranched alkanes of at least 4 members (excludes halogenated alkanes) is 5. The van der Waals surface area contributed by atoms with Gasteiger partial charge in [0.15, 0.2) is 0 Å². The maximum absolute atomic E-state index is 3.50. The van der Waals surface area contributed by atoms with E-state index in [-0.39, 0.29) is 0 Å². The van der Waals surface area contributed by atoms with Crippen LogP contribution in [0.2, 0.25) is 0 Å². The van der Waals surface area contributed by atoms with E-state index in [1.54, 1.807) is 5.57 Å². The zero-order valence-electron chi connectivity index (χ0n) is 11.2. The summed E-state index contributed by atoms with van der Waals surface area (Å²) in [7, 11) is 0. The van der Waals surface area contributed by atoms with Gasteiger partial charge in [-0.2, -0.15) is 0 Å². The minimum absolute atomic E-state index is 1.11. The van der Waals surface area contributed by atoms with Crippen molar-refractivity contribution in [2.24, 2.45) is 0 Å². The largest absolute Gasteiger partial charge is 0.0925 e. The van der Waals surface area contributed by atoms with E-state index >= 15 is 0 Å². The van der Waals surface area contributed by atoms with Gasteiger partial charge in [-0.3, -0.25) is 0 Å². The summed E-state index contributed by atoms with van der Waals surface area (Å²) in [4.78, 5) is 0. The normalized spacial score (nSPS) is 12.1. The van der Waals surface area contributed by atoms with Gasteiger partial charge in [-0.25, -0.2) is 0 Å². The Morgan fingerprint density at radius 3 is 2.12 bits per heavy atom. The van der Waals surface area contributed by atoms with Gasteiger partial charge in [0.2, 0.25) is 0 Å². The molecule has 0 radical (unpaired) electrons. The minimum Gasteiger partial charge on any atom is -0.0925 e. The van der Waals surface area contributed by atoms with E-state index < -0.39 is 0 Å². The zero-order valence-corrected chi connectivity index (χ0v) is 12.8. The fraction of sp³-hybridized carbons (Fsp3) is 0.867. The Labute approximate surface area is 111 Å². The predicted molar refractivity (Wildman–Crippen MR) is 79.4 cm³/mol. The van der Waals surface area contributed by atoms with Gasteiger partial charge >= 0.3 is 0 Å². The van der Waals surface area contributed by atoms with Crippen LogP contribution in [0.1, 0.15) is 78.1 Å². The van der Waals surface area contributed by atoms with Gasteiger partial charge in [0.1, 0.15) is 0 Å². The third-order valence-electron chi connectivity index (χ3n) is 3.00. The van der Waals surface area contributed by atoms with Gasteiger partial charge < -0.3 is 0 Å². The summed E-state index contributed by atoms with van der Waals surface area (Å²) < 4.78 is 0. The van der Waals surface area contributed by atoms with Gasteiger partial charge in [0.05, 0.1) is 0 Å². The fourth-order valence-electron chi connectivity index (χ4n) is 1.95. The Morgan fingerprint density at radius 1 is 0.875 bits per heavy atom. The van der Waals surface area contributed by atoms with Crippen molar-refractivity contribution in [1.82, 2.24) is 0 Å². The van der Waals surface area contributed by atoms with Crippen LogP contribution >= 0.6 is 15.9 Å². The average molecular weight is 289 g/mol. The molecule has 0 fully saturated rings. The fourth-order valence-corrected chi connectivity index (χ4v) is 2.18. The first kappa shape index (κ1) is 16.2. The summed E-state index contributed by atoms with van der Waals surface area (Å²) >= 11 is 3.50. The molecule has 0 aromatic rings. The van der Waals surface area contributed by atoms with E-state index in [0.717, 1.165) is 5.33 Å². The summed E-state index contributed by atoms with van der Waals surface area (Å²) in [6.07, 6.45) is 16.0. The summed E-state index contributed by atoms with van der Waals surface area (Å²) in [5.74, 6) is 0. The lowest BCUT2D eigenvalue weighted by molar-refractivity contribution is 0.618. The molecule has 0 aromatic carbocycles.